The molecule has 1 N–H and O–H groups in total. The Labute approximate surface area is 134 Å². The molecule has 2 nitrogen and oxygen atoms in total. The maximum atomic E-state index is 10.1. The average molecular weight is 349 g/mol. The topological polar surface area (TPSA) is 29.5 Å². The molecule has 0 saturated carbocycles. The first-order valence-corrected chi connectivity index (χ1v) is 8.24. The summed E-state index contributed by atoms with van der Waals surface area (Å²) in [5.74, 6) is 1.38. The number of unbranched alkanes of at least 4 members (excludes halogenated alkanes) is 3. The van der Waals surface area contributed by atoms with E-state index in [1.807, 2.05) is 36.4 Å². The monoisotopic (exact) mass is 348 g/mol. The van der Waals surface area contributed by atoms with Gasteiger partial charge in [-0.1, -0.05) is 44.4 Å². The molecule has 0 aliphatic rings. The summed E-state index contributed by atoms with van der Waals surface area (Å²) in [5, 5.41) is 10.1. The molecule has 0 atom stereocenters. The number of aromatic hydroxyl groups is 1. The first kappa shape index (κ1) is 15.9. The van der Waals surface area contributed by atoms with Gasteiger partial charge in [0.1, 0.15) is 5.75 Å². The van der Waals surface area contributed by atoms with E-state index in [1.54, 1.807) is 6.07 Å². The van der Waals surface area contributed by atoms with Crippen molar-refractivity contribution in [3.8, 4) is 17.2 Å². The quantitative estimate of drug-likeness (QED) is 0.615. The summed E-state index contributed by atoms with van der Waals surface area (Å²) in [4.78, 5) is 0. The molecule has 0 bridgehead atoms. The fourth-order valence-corrected chi connectivity index (χ4v) is 2.57. The van der Waals surface area contributed by atoms with Gasteiger partial charge in [-0.15, -0.1) is 0 Å². The third-order valence-corrected chi connectivity index (χ3v) is 4.05. The number of hydrogen-bond acceptors (Lipinski definition) is 2. The van der Waals surface area contributed by atoms with E-state index in [4.69, 9.17) is 4.74 Å². The van der Waals surface area contributed by atoms with E-state index in [1.165, 1.54) is 19.3 Å². The van der Waals surface area contributed by atoms with E-state index in [0.717, 1.165) is 22.9 Å². The Bertz CT molecular complexity index is 581. The second-order valence-corrected chi connectivity index (χ2v) is 6.00. The van der Waals surface area contributed by atoms with Gasteiger partial charge in [0.2, 0.25) is 0 Å². The van der Waals surface area contributed by atoms with Gasteiger partial charge in [0.25, 0.3) is 0 Å². The molecule has 21 heavy (non-hydrogen) atoms. The molecule has 0 saturated heterocycles. The van der Waals surface area contributed by atoms with E-state index in [0.29, 0.717) is 11.5 Å². The molecule has 0 spiro atoms. The Morgan fingerprint density at radius 1 is 1.00 bits per heavy atom. The van der Waals surface area contributed by atoms with Crippen molar-refractivity contribution in [2.24, 2.45) is 0 Å². The number of benzene rings is 2. The fraction of sp³-hybridized carbons (Fsp3) is 0.333. The van der Waals surface area contributed by atoms with Gasteiger partial charge < -0.3 is 9.84 Å². The van der Waals surface area contributed by atoms with Crippen LogP contribution in [0, 0.1) is 0 Å². The smallest absolute Gasteiger partial charge is 0.169 e. The zero-order valence-corrected chi connectivity index (χ0v) is 13.9. The number of rotatable bonds is 7. The first-order valence-electron chi connectivity index (χ1n) is 7.45. The van der Waals surface area contributed by atoms with Gasteiger partial charge in [-0.3, -0.25) is 0 Å². The van der Waals surface area contributed by atoms with E-state index in [-0.39, 0.29) is 5.75 Å². The summed E-state index contributed by atoms with van der Waals surface area (Å²) in [7, 11) is 0. The number of halogens is 1. The summed E-state index contributed by atoms with van der Waals surface area (Å²) in [5.41, 5.74) is 1.16. The lowest BCUT2D eigenvalue weighted by molar-refractivity contribution is 0.409. The van der Waals surface area contributed by atoms with E-state index in [2.05, 4.69) is 22.9 Å². The van der Waals surface area contributed by atoms with Crippen LogP contribution in [-0.4, -0.2) is 5.11 Å². The molecule has 0 fully saturated rings. The molecule has 0 aliphatic heterocycles. The molecule has 3 heteroatoms. The molecule has 0 aromatic heterocycles. The SMILES string of the molecule is CCCCCCc1ccc(Oc2ccccc2Br)c(O)c1. The van der Waals surface area contributed by atoms with Crippen molar-refractivity contribution in [2.75, 3.05) is 0 Å². The number of hydrogen-bond donors (Lipinski definition) is 1. The Morgan fingerprint density at radius 2 is 1.81 bits per heavy atom. The van der Waals surface area contributed by atoms with Crippen LogP contribution >= 0.6 is 15.9 Å². The maximum Gasteiger partial charge on any atom is 0.169 e. The van der Waals surface area contributed by atoms with Gasteiger partial charge in [-0.25, -0.2) is 0 Å². The number of phenolic OH excluding ortho intramolecular Hbond substituents is 1. The van der Waals surface area contributed by atoms with Crippen LogP contribution in [0.25, 0.3) is 0 Å². The Kier molecular flexibility index (Phi) is 6.12. The standard InChI is InChI=1S/C18H21BrO2/c1-2-3-4-5-8-14-11-12-18(16(20)13-14)21-17-10-7-6-9-15(17)19/h6-7,9-13,20H,2-5,8H2,1H3. The van der Waals surface area contributed by atoms with Gasteiger partial charge in [0.05, 0.1) is 4.47 Å². The molecule has 0 heterocycles. The zero-order valence-electron chi connectivity index (χ0n) is 12.3. The summed E-state index contributed by atoms with van der Waals surface area (Å²) in [6, 6.07) is 13.3. The van der Waals surface area contributed by atoms with E-state index < -0.39 is 0 Å². The highest BCUT2D eigenvalue weighted by atomic mass is 79.9. The normalized spacial score (nSPS) is 10.6. The summed E-state index contributed by atoms with van der Waals surface area (Å²) in [6.45, 7) is 2.21. The van der Waals surface area contributed by atoms with Crippen molar-refractivity contribution in [2.45, 2.75) is 39.0 Å². The summed E-state index contributed by atoms with van der Waals surface area (Å²) in [6.07, 6.45) is 5.92. The third kappa shape index (κ3) is 4.78. The number of para-hydroxylation sites is 1. The lowest BCUT2D eigenvalue weighted by atomic mass is 10.1. The highest BCUT2D eigenvalue weighted by Gasteiger charge is 2.07. The van der Waals surface area contributed by atoms with Gasteiger partial charge >= 0.3 is 0 Å². The minimum atomic E-state index is 0.193. The van der Waals surface area contributed by atoms with Crippen molar-refractivity contribution in [3.63, 3.8) is 0 Å². The molecule has 2 aromatic carbocycles. The molecule has 0 radical (unpaired) electrons. The number of aryl methyl sites for hydroxylation is 1. The van der Waals surface area contributed by atoms with Crippen molar-refractivity contribution < 1.29 is 9.84 Å². The van der Waals surface area contributed by atoms with Gasteiger partial charge in [-0.2, -0.15) is 0 Å². The van der Waals surface area contributed by atoms with Crippen molar-refractivity contribution in [1.82, 2.24) is 0 Å². The minimum Gasteiger partial charge on any atom is -0.504 e. The van der Waals surface area contributed by atoms with Crippen molar-refractivity contribution in [3.05, 3.63) is 52.5 Å². The lowest BCUT2D eigenvalue weighted by Crippen LogP contribution is -1.89. The molecule has 2 aromatic rings. The predicted molar refractivity (Wildman–Crippen MR) is 90.2 cm³/mol. The lowest BCUT2D eigenvalue weighted by Gasteiger charge is -2.10. The largest absolute Gasteiger partial charge is 0.504 e. The second kappa shape index (κ2) is 8.08. The first-order chi connectivity index (χ1) is 10.2. The maximum absolute atomic E-state index is 10.1. The molecular formula is C18H21BrO2. The van der Waals surface area contributed by atoms with Crippen molar-refractivity contribution >= 4 is 15.9 Å². The molecule has 112 valence electrons. The fourth-order valence-electron chi connectivity index (χ4n) is 2.21. The van der Waals surface area contributed by atoms with Crippen LogP contribution in [0.4, 0.5) is 0 Å². The molecule has 2 rings (SSSR count). The third-order valence-electron chi connectivity index (χ3n) is 3.40. The molecular weight excluding hydrogens is 328 g/mol. The van der Waals surface area contributed by atoms with Crippen LogP contribution < -0.4 is 4.74 Å². The molecule has 0 aliphatic carbocycles. The Morgan fingerprint density at radius 3 is 2.52 bits per heavy atom. The average Bonchev–Trinajstić information content (AvgIpc) is 2.48. The minimum absolute atomic E-state index is 0.193. The molecule has 0 unspecified atom stereocenters. The van der Waals surface area contributed by atoms with Gasteiger partial charge in [0.15, 0.2) is 11.5 Å². The Hall–Kier alpha value is -1.48. The number of ether oxygens (including phenoxy) is 1. The van der Waals surface area contributed by atoms with Crippen LogP contribution in [0.1, 0.15) is 38.2 Å². The van der Waals surface area contributed by atoms with Crippen LogP contribution in [-0.2, 0) is 6.42 Å². The van der Waals surface area contributed by atoms with Crippen LogP contribution in [0.5, 0.6) is 17.2 Å². The van der Waals surface area contributed by atoms with Crippen LogP contribution in [0.2, 0.25) is 0 Å². The predicted octanol–water partition coefficient (Wildman–Crippen LogP) is 6.07. The van der Waals surface area contributed by atoms with Crippen molar-refractivity contribution in [1.29, 1.82) is 0 Å². The van der Waals surface area contributed by atoms with E-state index in [9.17, 15) is 5.11 Å². The van der Waals surface area contributed by atoms with Gasteiger partial charge in [0, 0.05) is 0 Å². The summed E-state index contributed by atoms with van der Waals surface area (Å²) >= 11 is 3.44. The highest BCUT2D eigenvalue weighted by molar-refractivity contribution is 9.10. The zero-order chi connectivity index (χ0) is 15.1. The second-order valence-electron chi connectivity index (χ2n) is 5.15. The van der Waals surface area contributed by atoms with E-state index >= 15 is 0 Å². The van der Waals surface area contributed by atoms with Crippen LogP contribution in [0.15, 0.2) is 46.9 Å². The summed E-state index contributed by atoms with van der Waals surface area (Å²) < 4.78 is 6.61. The molecule has 0 amide bonds. The van der Waals surface area contributed by atoms with Gasteiger partial charge in [-0.05, 0) is 58.6 Å². The Balaban J connectivity index is 2.01. The highest BCUT2D eigenvalue weighted by Crippen LogP contribution is 2.35. The number of phenols is 1. The van der Waals surface area contributed by atoms with Crippen LogP contribution in [0.3, 0.4) is 0 Å².